The number of hydrogen-bond acceptors (Lipinski definition) is 3. The Labute approximate surface area is 129 Å². The van der Waals surface area contributed by atoms with Gasteiger partial charge in [-0.15, -0.1) is 0 Å². The summed E-state index contributed by atoms with van der Waals surface area (Å²) in [6.07, 6.45) is 0. The average Bonchev–Trinajstić information content (AvgIpc) is 2.36. The lowest BCUT2D eigenvalue weighted by atomic mass is 9.85. The van der Waals surface area contributed by atoms with Crippen molar-refractivity contribution in [3.05, 3.63) is 38.9 Å². The van der Waals surface area contributed by atoms with Crippen molar-refractivity contribution in [2.75, 3.05) is 6.54 Å². The molecule has 0 saturated carbocycles. The third-order valence-electron chi connectivity index (χ3n) is 3.57. The van der Waals surface area contributed by atoms with Crippen LogP contribution < -0.4 is 5.32 Å². The van der Waals surface area contributed by atoms with Crippen LogP contribution in [0, 0.1) is 27.9 Å². The fourth-order valence-electron chi connectivity index (χ4n) is 2.36. The Hall–Kier alpha value is -1.62. The van der Waals surface area contributed by atoms with Gasteiger partial charge in [0.15, 0.2) is 0 Å². The van der Waals surface area contributed by atoms with Crippen molar-refractivity contribution in [3.8, 4) is 0 Å². The van der Waals surface area contributed by atoms with E-state index in [4.69, 9.17) is 11.6 Å². The number of rotatable bonds is 6. The fraction of sp³-hybridized carbons (Fsp3) is 0.533. The summed E-state index contributed by atoms with van der Waals surface area (Å²) in [5.74, 6) is 0.896. The van der Waals surface area contributed by atoms with E-state index in [1.807, 2.05) is 0 Å². The fourth-order valence-corrected chi connectivity index (χ4v) is 2.59. The molecule has 0 heterocycles. The van der Waals surface area contributed by atoms with Crippen LogP contribution in [0.1, 0.15) is 38.1 Å². The van der Waals surface area contributed by atoms with E-state index >= 15 is 0 Å². The first-order valence-corrected chi connectivity index (χ1v) is 7.33. The molecule has 21 heavy (non-hydrogen) atoms. The molecule has 0 saturated heterocycles. The Bertz CT molecular complexity index is 522. The van der Waals surface area contributed by atoms with Crippen molar-refractivity contribution < 1.29 is 9.72 Å². The van der Waals surface area contributed by atoms with Gasteiger partial charge in [0.05, 0.1) is 4.92 Å². The third kappa shape index (κ3) is 5.01. The second kappa shape index (κ2) is 7.41. The smallest absolute Gasteiger partial charge is 0.271 e. The second-order valence-corrected chi connectivity index (χ2v) is 6.25. The molecule has 0 aliphatic heterocycles. The molecule has 0 spiro atoms. The van der Waals surface area contributed by atoms with E-state index in [-0.39, 0.29) is 22.2 Å². The van der Waals surface area contributed by atoms with Crippen molar-refractivity contribution in [3.63, 3.8) is 0 Å². The van der Waals surface area contributed by atoms with E-state index in [0.29, 0.717) is 24.3 Å². The van der Waals surface area contributed by atoms with Gasteiger partial charge in [0.2, 0.25) is 0 Å². The maximum atomic E-state index is 12.1. The van der Waals surface area contributed by atoms with Gasteiger partial charge in [0.1, 0.15) is 0 Å². The predicted molar refractivity (Wildman–Crippen MR) is 83.6 cm³/mol. The van der Waals surface area contributed by atoms with E-state index in [2.05, 4.69) is 33.0 Å². The van der Waals surface area contributed by atoms with Crippen LogP contribution in [0.15, 0.2) is 18.2 Å². The summed E-state index contributed by atoms with van der Waals surface area (Å²) in [4.78, 5) is 22.4. The summed E-state index contributed by atoms with van der Waals surface area (Å²) in [5.41, 5.74) is 0.0254. The van der Waals surface area contributed by atoms with Gasteiger partial charge >= 0.3 is 0 Å². The number of non-ortho nitro benzene ring substituents is 1. The highest BCUT2D eigenvalue weighted by atomic mass is 35.5. The molecule has 1 aromatic rings. The van der Waals surface area contributed by atoms with Crippen molar-refractivity contribution in [1.82, 2.24) is 5.32 Å². The molecule has 6 heteroatoms. The molecule has 5 nitrogen and oxygen atoms in total. The monoisotopic (exact) mass is 312 g/mol. The third-order valence-corrected chi connectivity index (χ3v) is 3.78. The Kier molecular flexibility index (Phi) is 6.15. The molecule has 1 aromatic carbocycles. The molecule has 0 aliphatic carbocycles. The quantitative estimate of drug-likeness (QED) is 0.639. The van der Waals surface area contributed by atoms with Crippen LogP contribution in [0.4, 0.5) is 5.69 Å². The van der Waals surface area contributed by atoms with Gasteiger partial charge in [-0.1, -0.05) is 39.3 Å². The van der Waals surface area contributed by atoms with Gasteiger partial charge < -0.3 is 5.32 Å². The summed E-state index contributed by atoms with van der Waals surface area (Å²) in [6.45, 7) is 8.98. The van der Waals surface area contributed by atoms with Gasteiger partial charge in [-0.05, 0) is 23.8 Å². The lowest BCUT2D eigenvalue weighted by Crippen LogP contribution is -2.33. The van der Waals surface area contributed by atoms with Crippen LogP contribution in [0.5, 0.6) is 0 Å². The molecule has 1 rings (SSSR count). The molecule has 0 aromatic heterocycles. The molecule has 0 atom stereocenters. The minimum absolute atomic E-state index is 0.179. The summed E-state index contributed by atoms with van der Waals surface area (Å²) >= 11 is 5.82. The molecule has 1 N–H and O–H groups in total. The van der Waals surface area contributed by atoms with Gasteiger partial charge in [-0.3, -0.25) is 14.9 Å². The SMILES string of the molecule is CC(C)C(CNC(=O)c1cc(Cl)cc([N+](=O)[O-])c1)C(C)C. The number of nitro groups is 1. The topological polar surface area (TPSA) is 72.2 Å². The largest absolute Gasteiger partial charge is 0.352 e. The molecule has 0 aliphatic rings. The van der Waals surface area contributed by atoms with Crippen molar-refractivity contribution in [2.45, 2.75) is 27.7 Å². The van der Waals surface area contributed by atoms with E-state index < -0.39 is 4.92 Å². The number of halogens is 1. The number of nitrogens with zero attached hydrogens (tertiary/aromatic N) is 1. The van der Waals surface area contributed by atoms with Crippen LogP contribution in [0.25, 0.3) is 0 Å². The molecule has 0 unspecified atom stereocenters. The predicted octanol–water partition coefficient (Wildman–Crippen LogP) is 3.91. The number of nitro benzene ring substituents is 1. The van der Waals surface area contributed by atoms with Gasteiger partial charge in [0.25, 0.3) is 11.6 Å². The minimum atomic E-state index is -0.562. The zero-order valence-corrected chi connectivity index (χ0v) is 13.5. The minimum Gasteiger partial charge on any atom is -0.352 e. The second-order valence-electron chi connectivity index (χ2n) is 5.82. The Morgan fingerprint density at radius 1 is 1.24 bits per heavy atom. The zero-order valence-electron chi connectivity index (χ0n) is 12.7. The Morgan fingerprint density at radius 3 is 2.29 bits per heavy atom. The molecular weight excluding hydrogens is 292 g/mol. The molecule has 0 fully saturated rings. The Balaban J connectivity index is 2.82. The highest BCUT2D eigenvalue weighted by Gasteiger charge is 2.19. The first kappa shape index (κ1) is 17.4. The molecule has 1 amide bonds. The Morgan fingerprint density at radius 2 is 1.81 bits per heavy atom. The van der Waals surface area contributed by atoms with Crippen LogP contribution in [0.2, 0.25) is 5.02 Å². The van der Waals surface area contributed by atoms with Crippen molar-refractivity contribution >= 4 is 23.2 Å². The van der Waals surface area contributed by atoms with Crippen LogP contribution in [-0.2, 0) is 0 Å². The lowest BCUT2D eigenvalue weighted by Gasteiger charge is -2.25. The van der Waals surface area contributed by atoms with Gasteiger partial charge in [-0.2, -0.15) is 0 Å². The zero-order chi connectivity index (χ0) is 16.2. The molecular formula is C15H21ClN2O3. The van der Waals surface area contributed by atoms with Crippen LogP contribution in [-0.4, -0.2) is 17.4 Å². The normalized spacial score (nSPS) is 11.2. The maximum Gasteiger partial charge on any atom is 0.271 e. The highest BCUT2D eigenvalue weighted by molar-refractivity contribution is 6.31. The van der Waals surface area contributed by atoms with Gasteiger partial charge in [-0.25, -0.2) is 0 Å². The molecule has 116 valence electrons. The van der Waals surface area contributed by atoms with E-state index in [1.165, 1.54) is 18.2 Å². The first-order valence-electron chi connectivity index (χ1n) is 6.95. The maximum absolute atomic E-state index is 12.1. The summed E-state index contributed by atoms with van der Waals surface area (Å²) in [5, 5.41) is 13.8. The van der Waals surface area contributed by atoms with Crippen LogP contribution >= 0.6 is 11.6 Å². The van der Waals surface area contributed by atoms with E-state index in [1.54, 1.807) is 0 Å². The number of amides is 1. The van der Waals surface area contributed by atoms with Crippen molar-refractivity contribution in [2.24, 2.45) is 17.8 Å². The number of nitrogens with one attached hydrogen (secondary N) is 1. The summed E-state index contributed by atoms with van der Waals surface area (Å²) < 4.78 is 0. The number of carbonyl (C=O) groups is 1. The molecule has 0 radical (unpaired) electrons. The highest BCUT2D eigenvalue weighted by Crippen LogP contribution is 2.22. The van der Waals surface area contributed by atoms with Crippen molar-refractivity contribution in [1.29, 1.82) is 0 Å². The lowest BCUT2D eigenvalue weighted by molar-refractivity contribution is -0.384. The van der Waals surface area contributed by atoms with Crippen LogP contribution in [0.3, 0.4) is 0 Å². The first-order chi connectivity index (χ1) is 9.72. The van der Waals surface area contributed by atoms with E-state index in [9.17, 15) is 14.9 Å². The van der Waals surface area contributed by atoms with Gasteiger partial charge in [0, 0.05) is 29.3 Å². The average molecular weight is 313 g/mol. The summed E-state index contributed by atoms with van der Waals surface area (Å²) in [6, 6.07) is 3.90. The molecule has 0 bridgehead atoms. The number of carbonyl (C=O) groups excluding carboxylic acids is 1. The summed E-state index contributed by atoms with van der Waals surface area (Å²) in [7, 11) is 0. The van der Waals surface area contributed by atoms with E-state index in [0.717, 1.165) is 0 Å². The standard InChI is InChI=1S/C15H21ClN2O3/c1-9(2)14(10(3)4)8-17-15(19)11-5-12(16)7-13(6-11)18(20)21/h5-7,9-10,14H,8H2,1-4H3,(H,17,19). The number of hydrogen-bond donors (Lipinski definition) is 1. The number of benzene rings is 1.